The van der Waals surface area contributed by atoms with Gasteiger partial charge < -0.3 is 23.7 Å². The lowest BCUT2D eigenvalue weighted by Gasteiger charge is -2.29. The van der Waals surface area contributed by atoms with Crippen LogP contribution < -0.4 is 10.3 Å². The van der Waals surface area contributed by atoms with E-state index in [1.807, 2.05) is 63.6 Å². The van der Waals surface area contributed by atoms with Gasteiger partial charge in [0.25, 0.3) is 5.56 Å². The second-order valence-electron chi connectivity index (χ2n) is 11.4. The van der Waals surface area contributed by atoms with Crippen LogP contribution in [0.25, 0.3) is 22.0 Å². The van der Waals surface area contributed by atoms with Crippen molar-refractivity contribution in [3.8, 4) is 16.9 Å². The molecule has 1 N–H and O–H groups in total. The molecule has 0 aliphatic carbocycles. The van der Waals surface area contributed by atoms with Gasteiger partial charge in [0.15, 0.2) is 6.10 Å². The zero-order valence-electron chi connectivity index (χ0n) is 23.5. The summed E-state index contributed by atoms with van der Waals surface area (Å²) in [6, 6.07) is 14.1. The minimum Gasteiger partial charge on any atom is -0.493 e. The van der Waals surface area contributed by atoms with Gasteiger partial charge in [0.1, 0.15) is 11.3 Å². The lowest BCUT2D eigenvalue weighted by Crippen LogP contribution is -2.33. The SMILES string of the molecule is Cc1ccc(Cn2ccc3c(-c4ccc5c(c4C)CCCO5)c(C(OC(C)(C)C)C(=O)O)n(C)c(=O)c32)cc1. The molecule has 39 heavy (non-hydrogen) atoms. The number of benzene rings is 2. The molecule has 0 saturated heterocycles. The Labute approximate surface area is 228 Å². The van der Waals surface area contributed by atoms with Crippen LogP contribution in [0.3, 0.4) is 0 Å². The van der Waals surface area contributed by atoms with Gasteiger partial charge in [0.2, 0.25) is 0 Å². The molecule has 1 atom stereocenters. The smallest absolute Gasteiger partial charge is 0.339 e. The number of carbonyl (C=O) groups is 1. The fourth-order valence-electron chi connectivity index (χ4n) is 5.55. The van der Waals surface area contributed by atoms with Crippen molar-refractivity contribution in [1.82, 2.24) is 9.13 Å². The highest BCUT2D eigenvalue weighted by Crippen LogP contribution is 2.42. The van der Waals surface area contributed by atoms with E-state index >= 15 is 0 Å². The van der Waals surface area contributed by atoms with E-state index < -0.39 is 17.7 Å². The summed E-state index contributed by atoms with van der Waals surface area (Å²) in [5.41, 5.74) is 5.84. The van der Waals surface area contributed by atoms with Crippen LogP contribution in [-0.4, -0.2) is 32.4 Å². The van der Waals surface area contributed by atoms with Crippen LogP contribution in [0.15, 0.2) is 53.5 Å². The Morgan fingerprint density at radius 3 is 2.49 bits per heavy atom. The van der Waals surface area contributed by atoms with Gasteiger partial charge in [-0.15, -0.1) is 0 Å². The molecule has 2 aromatic carbocycles. The first-order chi connectivity index (χ1) is 18.5. The molecule has 7 nitrogen and oxygen atoms in total. The Morgan fingerprint density at radius 1 is 1.10 bits per heavy atom. The molecule has 0 spiro atoms. The number of carboxylic acid groups (broad SMARTS) is 1. The molecular weight excluding hydrogens is 492 g/mol. The van der Waals surface area contributed by atoms with Crippen molar-refractivity contribution >= 4 is 16.9 Å². The summed E-state index contributed by atoms with van der Waals surface area (Å²) in [4.78, 5) is 26.6. The Balaban J connectivity index is 1.82. The van der Waals surface area contributed by atoms with E-state index in [0.29, 0.717) is 35.3 Å². The molecule has 0 radical (unpaired) electrons. The maximum absolute atomic E-state index is 13.9. The van der Waals surface area contributed by atoms with Gasteiger partial charge >= 0.3 is 5.97 Å². The number of nitrogens with zero attached hydrogens (tertiary/aromatic N) is 2. The first-order valence-corrected chi connectivity index (χ1v) is 13.4. The molecule has 3 heterocycles. The maximum Gasteiger partial charge on any atom is 0.339 e. The standard InChI is InChI=1S/C32H36N2O5/c1-19-9-11-21(12-10-19)18-34-16-15-24-26(23-13-14-25-22(20(23)2)8-7-17-38-25)28(33(6)30(35)27(24)34)29(31(36)37)39-32(3,4)5/h9-16,29H,7-8,17-18H2,1-6H3,(H,36,37). The summed E-state index contributed by atoms with van der Waals surface area (Å²) in [6.45, 7) is 10.8. The summed E-state index contributed by atoms with van der Waals surface area (Å²) in [5.74, 6) is -0.277. The third-order valence-corrected chi connectivity index (χ3v) is 7.43. The Kier molecular flexibility index (Phi) is 6.89. The average Bonchev–Trinajstić information content (AvgIpc) is 3.30. The van der Waals surface area contributed by atoms with Gasteiger partial charge in [-0.2, -0.15) is 0 Å². The lowest BCUT2D eigenvalue weighted by molar-refractivity contribution is -0.161. The Bertz CT molecular complexity index is 1620. The second-order valence-corrected chi connectivity index (χ2v) is 11.4. The van der Waals surface area contributed by atoms with Crippen LogP contribution in [0, 0.1) is 13.8 Å². The molecule has 0 bridgehead atoms. The van der Waals surface area contributed by atoms with E-state index in [2.05, 4.69) is 24.3 Å². The number of hydrogen-bond acceptors (Lipinski definition) is 4. The quantitative estimate of drug-likeness (QED) is 0.335. The molecule has 0 fully saturated rings. The molecule has 204 valence electrons. The predicted octanol–water partition coefficient (Wildman–Crippen LogP) is 5.94. The maximum atomic E-state index is 13.9. The zero-order chi connectivity index (χ0) is 28.1. The van der Waals surface area contributed by atoms with E-state index in [9.17, 15) is 14.7 Å². The summed E-state index contributed by atoms with van der Waals surface area (Å²) in [6.07, 6.45) is 2.38. The van der Waals surface area contributed by atoms with Gasteiger partial charge in [-0.05, 0) is 81.8 Å². The van der Waals surface area contributed by atoms with Gasteiger partial charge in [-0.3, -0.25) is 4.79 Å². The number of rotatable bonds is 6. The molecule has 5 rings (SSSR count). The molecule has 2 aromatic heterocycles. The molecule has 1 aliphatic rings. The number of aliphatic carboxylic acids is 1. The van der Waals surface area contributed by atoms with Gasteiger partial charge in [0, 0.05) is 30.7 Å². The fraction of sp³-hybridized carbons (Fsp3) is 0.375. The van der Waals surface area contributed by atoms with Crippen LogP contribution in [0.4, 0.5) is 0 Å². The zero-order valence-corrected chi connectivity index (χ0v) is 23.5. The third-order valence-electron chi connectivity index (χ3n) is 7.43. The summed E-state index contributed by atoms with van der Waals surface area (Å²) in [5, 5.41) is 11.1. The van der Waals surface area contributed by atoms with Crippen molar-refractivity contribution in [3.63, 3.8) is 0 Å². The number of fused-ring (bicyclic) bond motifs is 2. The summed E-state index contributed by atoms with van der Waals surface area (Å²) < 4.78 is 15.4. The minimum absolute atomic E-state index is 0.261. The van der Waals surface area contributed by atoms with E-state index in [1.54, 1.807) is 7.05 Å². The van der Waals surface area contributed by atoms with Crippen LogP contribution in [0.1, 0.15) is 61.2 Å². The third kappa shape index (κ3) is 4.99. The number of aromatic nitrogens is 2. The molecule has 0 amide bonds. The topological polar surface area (TPSA) is 82.7 Å². The number of pyridine rings is 1. The van der Waals surface area contributed by atoms with Crippen molar-refractivity contribution < 1.29 is 19.4 Å². The average molecular weight is 529 g/mol. The molecule has 7 heteroatoms. The first kappa shape index (κ1) is 26.8. The van der Waals surface area contributed by atoms with Crippen molar-refractivity contribution in [2.45, 2.75) is 65.7 Å². The van der Waals surface area contributed by atoms with Crippen molar-refractivity contribution in [2.75, 3.05) is 6.61 Å². The monoisotopic (exact) mass is 528 g/mol. The van der Waals surface area contributed by atoms with Crippen LogP contribution >= 0.6 is 0 Å². The summed E-state index contributed by atoms with van der Waals surface area (Å²) >= 11 is 0. The van der Waals surface area contributed by atoms with Crippen LogP contribution in [-0.2, 0) is 29.5 Å². The van der Waals surface area contributed by atoms with Crippen molar-refractivity contribution in [1.29, 1.82) is 0 Å². The van der Waals surface area contributed by atoms with Gasteiger partial charge in [-0.1, -0.05) is 35.9 Å². The number of ether oxygens (including phenoxy) is 2. The fourth-order valence-corrected chi connectivity index (χ4v) is 5.55. The minimum atomic E-state index is -1.34. The largest absolute Gasteiger partial charge is 0.493 e. The normalized spacial score (nSPS) is 14.2. The molecule has 1 unspecified atom stereocenters. The number of hydrogen-bond donors (Lipinski definition) is 1. The molecule has 0 saturated carbocycles. The van der Waals surface area contributed by atoms with E-state index in [1.165, 1.54) is 10.1 Å². The van der Waals surface area contributed by atoms with E-state index in [0.717, 1.165) is 40.8 Å². The number of aryl methyl sites for hydroxylation is 1. The van der Waals surface area contributed by atoms with Crippen LogP contribution in [0.5, 0.6) is 5.75 Å². The first-order valence-electron chi connectivity index (χ1n) is 13.4. The molecule has 4 aromatic rings. The highest BCUT2D eigenvalue weighted by Gasteiger charge is 2.34. The van der Waals surface area contributed by atoms with E-state index in [4.69, 9.17) is 9.47 Å². The number of carboxylic acids is 1. The van der Waals surface area contributed by atoms with Gasteiger partial charge in [-0.25, -0.2) is 4.79 Å². The lowest BCUT2D eigenvalue weighted by atomic mass is 9.89. The van der Waals surface area contributed by atoms with E-state index in [-0.39, 0.29) is 5.56 Å². The van der Waals surface area contributed by atoms with Gasteiger partial charge in [0.05, 0.1) is 17.9 Å². The molecular formula is C32H36N2O5. The predicted molar refractivity (Wildman–Crippen MR) is 153 cm³/mol. The van der Waals surface area contributed by atoms with Crippen LogP contribution in [0.2, 0.25) is 0 Å². The molecule has 1 aliphatic heterocycles. The highest BCUT2D eigenvalue weighted by atomic mass is 16.5. The second kappa shape index (κ2) is 10.0. The summed E-state index contributed by atoms with van der Waals surface area (Å²) in [7, 11) is 1.64. The Morgan fingerprint density at radius 2 is 1.82 bits per heavy atom. The highest BCUT2D eigenvalue weighted by molar-refractivity contribution is 5.99. The Hall–Kier alpha value is -3.84. The van der Waals surface area contributed by atoms with Crippen molar-refractivity contribution in [2.24, 2.45) is 7.05 Å². The van der Waals surface area contributed by atoms with Crippen molar-refractivity contribution in [3.05, 3.63) is 87.0 Å².